The molecule has 2 aliphatic rings. The van der Waals surface area contributed by atoms with Crippen molar-refractivity contribution in [2.24, 2.45) is 0 Å². The second-order valence-corrected chi connectivity index (χ2v) is 7.19. The molecule has 144 valence electrons. The number of amides is 2. The number of carbonyl (C=O) groups excluding carboxylic acids is 1. The largest absolute Gasteiger partial charge is 0.365 e. The van der Waals surface area contributed by atoms with Crippen molar-refractivity contribution in [2.75, 3.05) is 13.1 Å². The van der Waals surface area contributed by atoms with Crippen molar-refractivity contribution >= 4 is 6.03 Å². The van der Waals surface area contributed by atoms with Gasteiger partial charge in [-0.05, 0) is 49.8 Å². The summed E-state index contributed by atoms with van der Waals surface area (Å²) in [5.41, 5.74) is 0.983. The predicted molar refractivity (Wildman–Crippen MR) is 96.7 cm³/mol. The van der Waals surface area contributed by atoms with E-state index in [1.54, 1.807) is 12.1 Å². The van der Waals surface area contributed by atoms with Gasteiger partial charge in [-0.15, -0.1) is 0 Å². The maximum absolute atomic E-state index is 12.9. The fourth-order valence-electron chi connectivity index (χ4n) is 3.25. The summed E-state index contributed by atoms with van der Waals surface area (Å²) in [7, 11) is 0. The zero-order valence-corrected chi connectivity index (χ0v) is 15.1. The molecule has 1 aliphatic carbocycles. The van der Waals surface area contributed by atoms with Crippen LogP contribution in [0.3, 0.4) is 0 Å². The van der Waals surface area contributed by atoms with Crippen LogP contribution in [0.2, 0.25) is 0 Å². The van der Waals surface area contributed by atoms with Crippen LogP contribution in [-0.4, -0.2) is 40.4 Å². The lowest BCUT2D eigenvalue weighted by atomic mass is 10.1. The second-order valence-electron chi connectivity index (χ2n) is 7.19. The third-order valence-electron chi connectivity index (χ3n) is 4.98. The highest BCUT2D eigenvalue weighted by atomic mass is 19.1. The quantitative estimate of drug-likeness (QED) is 0.696. The Morgan fingerprint density at radius 1 is 1.19 bits per heavy atom. The number of hydrogen-bond acceptors (Lipinski definition) is 4. The molecule has 0 bridgehead atoms. The number of benzene rings is 1. The summed E-state index contributed by atoms with van der Waals surface area (Å²) in [5, 5.41) is 12.9. The number of hydrogen-bond donors (Lipinski definition) is 3. The minimum absolute atomic E-state index is 0.0210. The number of ether oxygens (including phenoxy) is 1. The summed E-state index contributed by atoms with van der Waals surface area (Å²) in [6.45, 7) is 0.954. The molecule has 1 saturated carbocycles. The first-order chi connectivity index (χ1) is 13.2. The number of urea groups is 1. The molecule has 0 spiro atoms. The van der Waals surface area contributed by atoms with Gasteiger partial charge in [-0.25, -0.2) is 14.2 Å². The Morgan fingerprint density at radius 2 is 2.00 bits per heavy atom. The number of carbonyl (C=O) groups is 1. The molecule has 2 aromatic rings. The van der Waals surface area contributed by atoms with E-state index in [0.717, 1.165) is 30.1 Å². The van der Waals surface area contributed by atoms with Crippen molar-refractivity contribution in [3.05, 3.63) is 47.3 Å². The molecule has 2 heterocycles. The Kier molecular flexibility index (Phi) is 5.33. The van der Waals surface area contributed by atoms with Crippen LogP contribution in [0, 0.1) is 5.82 Å². The Hall–Kier alpha value is -2.48. The monoisotopic (exact) mass is 373 g/mol. The third-order valence-corrected chi connectivity index (χ3v) is 4.98. The smallest absolute Gasteiger partial charge is 0.314 e. The van der Waals surface area contributed by atoms with Gasteiger partial charge < -0.3 is 15.4 Å². The summed E-state index contributed by atoms with van der Waals surface area (Å²) in [4.78, 5) is 16.5. The van der Waals surface area contributed by atoms with Crippen molar-refractivity contribution < 1.29 is 13.9 Å². The molecule has 1 aromatic carbocycles. The van der Waals surface area contributed by atoms with E-state index in [2.05, 4.69) is 25.8 Å². The van der Waals surface area contributed by atoms with E-state index in [0.29, 0.717) is 25.4 Å². The first kappa shape index (κ1) is 17.9. The maximum atomic E-state index is 12.9. The van der Waals surface area contributed by atoms with Crippen LogP contribution in [0.4, 0.5) is 9.18 Å². The first-order valence-electron chi connectivity index (χ1n) is 9.51. The lowest BCUT2D eigenvalue weighted by molar-refractivity contribution is 0.0415. The van der Waals surface area contributed by atoms with Crippen molar-refractivity contribution in [1.82, 2.24) is 25.8 Å². The second kappa shape index (κ2) is 8.04. The number of H-pyrrole nitrogens is 1. The van der Waals surface area contributed by atoms with Gasteiger partial charge in [-0.3, -0.25) is 5.10 Å². The van der Waals surface area contributed by atoms with Gasteiger partial charge in [0.1, 0.15) is 11.9 Å². The number of halogens is 1. The van der Waals surface area contributed by atoms with E-state index < -0.39 is 0 Å². The van der Waals surface area contributed by atoms with E-state index in [-0.39, 0.29) is 24.1 Å². The van der Waals surface area contributed by atoms with Gasteiger partial charge in [0.25, 0.3) is 0 Å². The van der Waals surface area contributed by atoms with Gasteiger partial charge in [0.2, 0.25) is 0 Å². The maximum Gasteiger partial charge on any atom is 0.314 e. The molecule has 8 heteroatoms. The highest BCUT2D eigenvalue weighted by Crippen LogP contribution is 2.39. The van der Waals surface area contributed by atoms with Gasteiger partial charge in [-0.1, -0.05) is 12.1 Å². The predicted octanol–water partition coefficient (Wildman–Crippen LogP) is 2.58. The highest BCUT2D eigenvalue weighted by molar-refractivity contribution is 5.73. The average Bonchev–Trinajstić information content (AvgIpc) is 3.21. The summed E-state index contributed by atoms with van der Waals surface area (Å²) >= 11 is 0. The Bertz CT molecular complexity index is 775. The van der Waals surface area contributed by atoms with E-state index in [9.17, 15) is 9.18 Å². The van der Waals surface area contributed by atoms with E-state index in [1.807, 2.05) is 0 Å². The van der Waals surface area contributed by atoms with E-state index in [4.69, 9.17) is 4.74 Å². The lowest BCUT2D eigenvalue weighted by Crippen LogP contribution is -2.40. The summed E-state index contributed by atoms with van der Waals surface area (Å²) in [5.74, 6) is 1.96. The SMILES string of the molecule is O=C(NCCc1ccc(F)cc1)NC[C@@H]1CC[C@H](c2nc(C3CC3)n[nH]2)O1. The van der Waals surface area contributed by atoms with E-state index >= 15 is 0 Å². The van der Waals surface area contributed by atoms with Gasteiger partial charge in [0.05, 0.1) is 6.10 Å². The molecule has 0 unspecified atom stereocenters. The molecule has 1 aliphatic heterocycles. The molecular weight excluding hydrogens is 349 g/mol. The molecule has 7 nitrogen and oxygen atoms in total. The zero-order valence-electron chi connectivity index (χ0n) is 15.1. The zero-order chi connectivity index (χ0) is 18.6. The van der Waals surface area contributed by atoms with Gasteiger partial charge in [0, 0.05) is 19.0 Å². The van der Waals surface area contributed by atoms with Crippen LogP contribution >= 0.6 is 0 Å². The first-order valence-corrected chi connectivity index (χ1v) is 9.51. The number of aromatic nitrogens is 3. The van der Waals surface area contributed by atoms with Crippen LogP contribution in [0.25, 0.3) is 0 Å². The van der Waals surface area contributed by atoms with Crippen LogP contribution in [0.15, 0.2) is 24.3 Å². The molecule has 0 radical (unpaired) electrons. The minimum Gasteiger partial charge on any atom is -0.365 e. The minimum atomic E-state index is -0.256. The summed E-state index contributed by atoms with van der Waals surface area (Å²) in [6, 6.07) is 6.07. The number of rotatable bonds is 7. The Morgan fingerprint density at radius 3 is 2.78 bits per heavy atom. The molecule has 2 amide bonds. The van der Waals surface area contributed by atoms with Crippen LogP contribution < -0.4 is 10.6 Å². The Labute approximate surface area is 157 Å². The molecule has 1 saturated heterocycles. The summed E-state index contributed by atoms with van der Waals surface area (Å²) < 4.78 is 18.8. The van der Waals surface area contributed by atoms with Gasteiger partial charge in [0.15, 0.2) is 11.6 Å². The lowest BCUT2D eigenvalue weighted by Gasteiger charge is -2.13. The molecule has 1 aromatic heterocycles. The molecule has 4 rings (SSSR count). The number of nitrogens with zero attached hydrogens (tertiary/aromatic N) is 2. The highest BCUT2D eigenvalue weighted by Gasteiger charge is 2.32. The van der Waals surface area contributed by atoms with Crippen molar-refractivity contribution in [3.8, 4) is 0 Å². The third kappa shape index (κ3) is 4.82. The van der Waals surface area contributed by atoms with Gasteiger partial charge in [-0.2, -0.15) is 5.10 Å². The molecule has 27 heavy (non-hydrogen) atoms. The number of aromatic amines is 1. The van der Waals surface area contributed by atoms with Crippen molar-refractivity contribution in [1.29, 1.82) is 0 Å². The normalized spacial score (nSPS) is 22.0. The topological polar surface area (TPSA) is 91.9 Å². The molecule has 3 N–H and O–H groups in total. The van der Waals surface area contributed by atoms with E-state index in [1.165, 1.54) is 25.0 Å². The molecule has 2 atom stereocenters. The van der Waals surface area contributed by atoms with Crippen LogP contribution in [0.1, 0.15) is 54.9 Å². The summed E-state index contributed by atoms with van der Waals surface area (Å²) in [6.07, 6.45) is 4.66. The standard InChI is InChI=1S/C19H24FN5O2/c20-14-5-1-12(2-6-14)9-10-21-19(26)22-11-15-7-8-16(27-15)18-23-17(24-25-18)13-3-4-13/h1-2,5-6,13,15-16H,3-4,7-11H2,(H2,21,22,26)(H,23,24,25)/t15-,16+/m0/s1. The van der Waals surface area contributed by atoms with Crippen LogP contribution in [0.5, 0.6) is 0 Å². The number of nitrogens with one attached hydrogen (secondary N) is 3. The molecule has 2 fully saturated rings. The fourth-order valence-corrected chi connectivity index (χ4v) is 3.25. The average molecular weight is 373 g/mol. The van der Waals surface area contributed by atoms with Gasteiger partial charge >= 0.3 is 6.03 Å². The molecular formula is C19H24FN5O2. The fraction of sp³-hybridized carbons (Fsp3) is 0.526. The van der Waals surface area contributed by atoms with Crippen molar-refractivity contribution in [2.45, 2.75) is 50.2 Å². The van der Waals surface area contributed by atoms with Crippen molar-refractivity contribution in [3.63, 3.8) is 0 Å². The van der Waals surface area contributed by atoms with Crippen LogP contribution in [-0.2, 0) is 11.2 Å². The Balaban J connectivity index is 1.14.